The van der Waals surface area contributed by atoms with Gasteiger partial charge < -0.3 is 14.2 Å². The minimum atomic E-state index is -4.74. The molecule has 3 aromatic rings. The molecule has 2 aromatic heterocycles. The van der Waals surface area contributed by atoms with E-state index in [2.05, 4.69) is 14.7 Å². The Morgan fingerprint density at radius 2 is 1.88 bits per heavy atom. The number of pyridine rings is 1. The SMILES string of the molecule is O=c1cc(-c2noc(C(F)(F)F)n2)ccn1CCc1ccccc1CO. The van der Waals surface area contributed by atoms with Gasteiger partial charge in [0.05, 0.1) is 6.61 Å². The first kappa shape index (κ1) is 17.9. The zero-order valence-corrected chi connectivity index (χ0v) is 13.4. The van der Waals surface area contributed by atoms with Crippen LogP contribution in [0.25, 0.3) is 11.4 Å². The van der Waals surface area contributed by atoms with Crippen molar-refractivity contribution in [1.29, 1.82) is 0 Å². The number of aliphatic hydroxyl groups is 1. The molecule has 26 heavy (non-hydrogen) atoms. The van der Waals surface area contributed by atoms with Crippen LogP contribution in [0.15, 0.2) is 51.9 Å². The summed E-state index contributed by atoms with van der Waals surface area (Å²) in [6.45, 7) is 0.263. The average molecular weight is 365 g/mol. The predicted octanol–water partition coefficient (Wildman–Crippen LogP) is 2.65. The molecule has 0 amide bonds. The van der Waals surface area contributed by atoms with Crippen molar-refractivity contribution in [2.24, 2.45) is 0 Å². The van der Waals surface area contributed by atoms with Crippen LogP contribution in [0.2, 0.25) is 0 Å². The summed E-state index contributed by atoms with van der Waals surface area (Å²) < 4.78 is 43.1. The Balaban J connectivity index is 1.78. The lowest BCUT2D eigenvalue weighted by molar-refractivity contribution is -0.159. The molecule has 6 nitrogen and oxygen atoms in total. The van der Waals surface area contributed by atoms with Crippen molar-refractivity contribution in [2.45, 2.75) is 25.7 Å². The number of hydrogen-bond acceptors (Lipinski definition) is 5. The fourth-order valence-corrected chi connectivity index (χ4v) is 2.48. The molecule has 1 aromatic carbocycles. The van der Waals surface area contributed by atoms with Crippen LogP contribution < -0.4 is 5.56 Å². The standard InChI is InChI=1S/C17H14F3N3O3/c18-17(19,20)16-21-15(22-26-16)12-6-8-23(14(25)9-12)7-5-11-3-1-2-4-13(11)10-24/h1-4,6,8-9,24H,5,7,10H2. The second-order valence-corrected chi connectivity index (χ2v) is 5.54. The normalized spacial score (nSPS) is 11.7. The van der Waals surface area contributed by atoms with E-state index in [1.165, 1.54) is 16.8 Å². The van der Waals surface area contributed by atoms with E-state index in [1.807, 2.05) is 18.2 Å². The molecule has 0 spiro atoms. The van der Waals surface area contributed by atoms with Crippen LogP contribution in [0.5, 0.6) is 0 Å². The Morgan fingerprint density at radius 3 is 2.50 bits per heavy atom. The van der Waals surface area contributed by atoms with Crippen molar-refractivity contribution in [3.05, 3.63) is 70.0 Å². The van der Waals surface area contributed by atoms with Gasteiger partial charge in [0.2, 0.25) is 5.82 Å². The summed E-state index contributed by atoms with van der Waals surface area (Å²) in [5.41, 5.74) is 1.44. The smallest absolute Gasteiger partial charge is 0.392 e. The topological polar surface area (TPSA) is 81.2 Å². The number of aryl methyl sites for hydroxylation is 2. The van der Waals surface area contributed by atoms with Gasteiger partial charge in [-0.15, -0.1) is 0 Å². The summed E-state index contributed by atoms with van der Waals surface area (Å²) in [6.07, 6.45) is -2.75. The van der Waals surface area contributed by atoms with Crippen LogP contribution >= 0.6 is 0 Å². The van der Waals surface area contributed by atoms with Crippen LogP contribution in [0.1, 0.15) is 17.0 Å². The van der Waals surface area contributed by atoms with Gasteiger partial charge in [-0.05, 0) is 23.6 Å². The van der Waals surface area contributed by atoms with E-state index in [9.17, 15) is 23.1 Å². The minimum absolute atomic E-state index is 0.0939. The van der Waals surface area contributed by atoms with E-state index in [-0.39, 0.29) is 18.0 Å². The highest BCUT2D eigenvalue weighted by Gasteiger charge is 2.38. The number of aromatic nitrogens is 3. The lowest BCUT2D eigenvalue weighted by Crippen LogP contribution is -2.20. The average Bonchev–Trinajstić information content (AvgIpc) is 3.11. The van der Waals surface area contributed by atoms with Crippen molar-refractivity contribution in [3.63, 3.8) is 0 Å². The van der Waals surface area contributed by atoms with Crippen molar-refractivity contribution in [2.75, 3.05) is 0 Å². The van der Waals surface area contributed by atoms with E-state index in [1.54, 1.807) is 6.07 Å². The molecule has 2 heterocycles. The Kier molecular flexibility index (Phi) is 4.90. The predicted molar refractivity (Wildman–Crippen MR) is 85.1 cm³/mol. The van der Waals surface area contributed by atoms with Gasteiger partial charge in [-0.3, -0.25) is 4.79 Å². The fourth-order valence-electron chi connectivity index (χ4n) is 2.48. The molecule has 3 rings (SSSR count). The molecule has 136 valence electrons. The van der Waals surface area contributed by atoms with Gasteiger partial charge >= 0.3 is 12.1 Å². The maximum atomic E-state index is 12.5. The first-order valence-corrected chi connectivity index (χ1v) is 7.68. The summed E-state index contributed by atoms with van der Waals surface area (Å²) in [7, 11) is 0. The number of alkyl halides is 3. The summed E-state index contributed by atoms with van der Waals surface area (Å²) in [4.78, 5) is 15.5. The van der Waals surface area contributed by atoms with Crippen molar-refractivity contribution >= 4 is 0 Å². The molecule has 0 aliphatic heterocycles. The van der Waals surface area contributed by atoms with E-state index in [4.69, 9.17) is 0 Å². The monoisotopic (exact) mass is 365 g/mol. The highest BCUT2D eigenvalue weighted by molar-refractivity contribution is 5.52. The Hall–Kier alpha value is -2.94. The third-order valence-electron chi connectivity index (χ3n) is 3.83. The largest absolute Gasteiger partial charge is 0.471 e. The first-order chi connectivity index (χ1) is 12.4. The third-order valence-corrected chi connectivity index (χ3v) is 3.83. The van der Waals surface area contributed by atoms with Crippen LogP contribution in [0.4, 0.5) is 13.2 Å². The van der Waals surface area contributed by atoms with Crippen LogP contribution in [0, 0.1) is 0 Å². The highest BCUT2D eigenvalue weighted by atomic mass is 19.4. The Morgan fingerprint density at radius 1 is 1.15 bits per heavy atom. The maximum Gasteiger partial charge on any atom is 0.471 e. The Bertz CT molecular complexity index is 963. The third kappa shape index (κ3) is 3.83. The van der Waals surface area contributed by atoms with Gasteiger partial charge in [0, 0.05) is 24.4 Å². The molecular formula is C17H14F3N3O3. The number of rotatable bonds is 5. The number of aliphatic hydroxyl groups excluding tert-OH is 1. The van der Waals surface area contributed by atoms with Crippen molar-refractivity contribution < 1.29 is 22.8 Å². The van der Waals surface area contributed by atoms with Gasteiger partial charge in [-0.1, -0.05) is 29.4 Å². The molecule has 0 saturated carbocycles. The van der Waals surface area contributed by atoms with E-state index in [0.29, 0.717) is 13.0 Å². The maximum absolute atomic E-state index is 12.5. The van der Waals surface area contributed by atoms with Gasteiger partial charge in [0.25, 0.3) is 5.56 Å². The van der Waals surface area contributed by atoms with Crippen molar-refractivity contribution in [3.8, 4) is 11.4 Å². The second-order valence-electron chi connectivity index (χ2n) is 5.54. The van der Waals surface area contributed by atoms with Gasteiger partial charge in [0.15, 0.2) is 0 Å². The lowest BCUT2D eigenvalue weighted by atomic mass is 10.1. The molecule has 0 bridgehead atoms. The molecule has 0 radical (unpaired) electrons. The van der Waals surface area contributed by atoms with E-state index >= 15 is 0 Å². The molecule has 0 unspecified atom stereocenters. The number of benzene rings is 1. The van der Waals surface area contributed by atoms with Gasteiger partial charge in [0.1, 0.15) is 0 Å². The summed E-state index contributed by atoms with van der Waals surface area (Å²) >= 11 is 0. The Labute approximate surface area is 145 Å². The van der Waals surface area contributed by atoms with Crippen LogP contribution in [0.3, 0.4) is 0 Å². The summed E-state index contributed by atoms with van der Waals surface area (Å²) in [5, 5.41) is 12.6. The molecule has 9 heteroatoms. The molecule has 0 fully saturated rings. The summed E-state index contributed by atoms with van der Waals surface area (Å²) in [6, 6.07) is 9.93. The van der Waals surface area contributed by atoms with Gasteiger partial charge in [-0.2, -0.15) is 18.2 Å². The summed E-state index contributed by atoms with van der Waals surface area (Å²) in [5.74, 6) is -1.76. The molecule has 0 aliphatic carbocycles. The molecule has 0 atom stereocenters. The number of hydrogen-bond donors (Lipinski definition) is 1. The molecule has 0 aliphatic rings. The lowest BCUT2D eigenvalue weighted by Gasteiger charge is -2.09. The minimum Gasteiger partial charge on any atom is -0.392 e. The molecule has 1 N–H and O–H groups in total. The van der Waals surface area contributed by atoms with Crippen LogP contribution in [-0.4, -0.2) is 19.8 Å². The van der Waals surface area contributed by atoms with Crippen molar-refractivity contribution in [1.82, 2.24) is 14.7 Å². The zero-order valence-electron chi connectivity index (χ0n) is 13.4. The van der Waals surface area contributed by atoms with Gasteiger partial charge in [-0.25, -0.2) is 0 Å². The van der Waals surface area contributed by atoms with E-state index in [0.717, 1.165) is 17.2 Å². The second kappa shape index (κ2) is 7.12. The van der Waals surface area contributed by atoms with E-state index < -0.39 is 17.6 Å². The van der Waals surface area contributed by atoms with Crippen LogP contribution in [-0.2, 0) is 25.7 Å². The highest BCUT2D eigenvalue weighted by Crippen LogP contribution is 2.29. The number of nitrogens with zero attached hydrogens (tertiary/aromatic N) is 3. The first-order valence-electron chi connectivity index (χ1n) is 7.68. The number of halogens is 3. The quantitative estimate of drug-likeness (QED) is 0.752. The zero-order chi connectivity index (χ0) is 18.7. The molecular weight excluding hydrogens is 351 g/mol. The fraction of sp³-hybridized carbons (Fsp3) is 0.235. The molecule has 0 saturated heterocycles.